The number of hydrogen-bond donors (Lipinski definition) is 0. The van der Waals surface area contributed by atoms with E-state index in [1.807, 2.05) is 31.2 Å². The van der Waals surface area contributed by atoms with Crippen LogP contribution in [0.15, 0.2) is 33.7 Å². The molecule has 0 radical (unpaired) electrons. The summed E-state index contributed by atoms with van der Waals surface area (Å²) < 4.78 is 2.21. The third-order valence-corrected chi connectivity index (χ3v) is 4.43. The van der Waals surface area contributed by atoms with Gasteiger partial charge in [0.2, 0.25) is 0 Å². The van der Waals surface area contributed by atoms with Crippen LogP contribution in [0.25, 0.3) is 0 Å². The Morgan fingerprint density at radius 1 is 1.37 bits per heavy atom. The van der Waals surface area contributed by atoms with Crippen molar-refractivity contribution in [2.24, 2.45) is 4.99 Å². The van der Waals surface area contributed by atoms with Gasteiger partial charge in [-0.15, -0.1) is 0 Å². The van der Waals surface area contributed by atoms with Gasteiger partial charge in [0.15, 0.2) is 11.8 Å². The van der Waals surface area contributed by atoms with E-state index in [0.29, 0.717) is 0 Å². The van der Waals surface area contributed by atoms with Gasteiger partial charge in [0.1, 0.15) is 5.54 Å². The van der Waals surface area contributed by atoms with E-state index in [2.05, 4.69) is 27.8 Å². The van der Waals surface area contributed by atoms with Crippen LogP contribution < -0.4 is 0 Å². The first-order valence-corrected chi connectivity index (χ1v) is 6.92. The van der Waals surface area contributed by atoms with Gasteiger partial charge in [-0.25, -0.2) is 4.74 Å². The second-order valence-corrected chi connectivity index (χ2v) is 6.30. The van der Waals surface area contributed by atoms with Crippen LogP contribution in [0.4, 0.5) is 0 Å². The Morgan fingerprint density at radius 3 is 2.58 bits per heavy atom. The molecular formula is C14H17BrN2O2. The van der Waals surface area contributed by atoms with Crippen molar-refractivity contribution in [2.75, 3.05) is 0 Å². The van der Waals surface area contributed by atoms with Gasteiger partial charge < -0.3 is 10.7 Å². The van der Waals surface area contributed by atoms with Gasteiger partial charge in [-0.2, -0.15) is 0 Å². The van der Waals surface area contributed by atoms with Crippen molar-refractivity contribution in [3.05, 3.63) is 39.5 Å². The molecule has 0 fully saturated rings. The fourth-order valence-corrected chi connectivity index (χ4v) is 3.29. The van der Waals surface area contributed by atoms with Crippen LogP contribution in [0.3, 0.4) is 0 Å². The maximum atomic E-state index is 12.4. The smallest absolute Gasteiger partial charge is 0.197 e. The predicted octanol–water partition coefficient (Wildman–Crippen LogP) is 2.32. The molecule has 0 bridgehead atoms. The average molecular weight is 325 g/mol. The highest BCUT2D eigenvalue weighted by Gasteiger charge is 2.52. The molecule has 4 nitrogen and oxygen atoms in total. The maximum Gasteiger partial charge on any atom is 0.197 e. The molecule has 2 aliphatic rings. The number of hydrogen-bond acceptors (Lipinski definition) is 2. The Hall–Kier alpha value is -1.20. The molecule has 0 saturated heterocycles. The van der Waals surface area contributed by atoms with Crippen molar-refractivity contribution in [1.29, 1.82) is 0 Å². The minimum atomic E-state index is -0.228. The van der Waals surface area contributed by atoms with Crippen molar-refractivity contribution >= 4 is 27.4 Å². The molecule has 0 aliphatic carbocycles. The summed E-state index contributed by atoms with van der Waals surface area (Å²) in [6.07, 6.45) is 1.53. The average Bonchev–Trinajstić information content (AvgIpc) is 2.73. The topological polar surface area (TPSA) is 69.9 Å². The highest BCUT2D eigenvalue weighted by atomic mass is 79.9. The summed E-state index contributed by atoms with van der Waals surface area (Å²) in [5.41, 5.74) is 2.75. The number of fused-ring (bicyclic) bond motifs is 1. The van der Waals surface area contributed by atoms with Crippen LogP contribution in [0, 0.1) is 5.21 Å². The van der Waals surface area contributed by atoms with E-state index >= 15 is 0 Å². The summed E-state index contributed by atoms with van der Waals surface area (Å²) in [5, 5.41) is 12.4. The zero-order valence-corrected chi connectivity index (χ0v) is 12.6. The second-order valence-electron chi connectivity index (χ2n) is 5.38. The Bertz CT molecular complexity index is 565. The number of nitrogens with zero attached hydrogens (tertiary/aromatic N) is 2. The zero-order chi connectivity index (χ0) is 12.9. The van der Waals surface area contributed by atoms with Crippen molar-refractivity contribution in [2.45, 2.75) is 38.3 Å². The molecule has 0 unspecified atom stereocenters. The van der Waals surface area contributed by atoms with Gasteiger partial charge in [-0.1, -0.05) is 15.9 Å². The lowest BCUT2D eigenvalue weighted by molar-refractivity contribution is -0.495. The van der Waals surface area contributed by atoms with Crippen LogP contribution in [0.2, 0.25) is 0 Å². The number of rotatable bonds is 1. The van der Waals surface area contributed by atoms with E-state index in [-0.39, 0.29) is 17.1 Å². The van der Waals surface area contributed by atoms with Crippen LogP contribution in [0.5, 0.6) is 0 Å². The molecule has 0 saturated carbocycles. The van der Waals surface area contributed by atoms with E-state index in [1.165, 1.54) is 4.74 Å². The lowest BCUT2D eigenvalue weighted by Gasteiger charge is -2.17. The van der Waals surface area contributed by atoms with Crippen molar-refractivity contribution in [1.82, 2.24) is 0 Å². The van der Waals surface area contributed by atoms with Crippen molar-refractivity contribution in [3.8, 4) is 0 Å². The molecule has 1 aromatic carbocycles. The summed E-state index contributed by atoms with van der Waals surface area (Å²) in [7, 11) is 0. The van der Waals surface area contributed by atoms with Gasteiger partial charge >= 0.3 is 0 Å². The third kappa shape index (κ3) is 2.21. The molecule has 0 aromatic heterocycles. The summed E-state index contributed by atoms with van der Waals surface area (Å²) in [6, 6.07) is 7.91. The van der Waals surface area contributed by atoms with Crippen molar-refractivity contribution < 1.29 is 10.2 Å². The quantitative estimate of drug-likeness (QED) is 0.577. The molecule has 1 aromatic rings. The highest BCUT2D eigenvalue weighted by molar-refractivity contribution is 9.10. The van der Waals surface area contributed by atoms with Crippen LogP contribution in [-0.2, 0) is 0 Å². The van der Waals surface area contributed by atoms with E-state index in [9.17, 15) is 5.21 Å². The number of aliphatic imine (C=N–C) groups is 1. The minimum absolute atomic E-state index is 0. The number of halogens is 1. The van der Waals surface area contributed by atoms with Gasteiger partial charge in [0.05, 0.1) is 12.8 Å². The van der Waals surface area contributed by atoms with Crippen LogP contribution in [-0.4, -0.2) is 33.2 Å². The molecule has 19 heavy (non-hydrogen) atoms. The molecule has 3 rings (SSSR count). The van der Waals surface area contributed by atoms with E-state index < -0.39 is 0 Å². The Labute approximate surface area is 120 Å². The molecule has 102 valence electrons. The monoisotopic (exact) mass is 324 g/mol. The summed E-state index contributed by atoms with van der Waals surface area (Å²) in [4.78, 5) is 4.67. The van der Waals surface area contributed by atoms with Gasteiger partial charge in [0, 0.05) is 15.7 Å². The van der Waals surface area contributed by atoms with Gasteiger partial charge in [0.25, 0.3) is 0 Å². The largest absolute Gasteiger partial charge is 0.623 e. The molecule has 0 spiro atoms. The molecule has 2 heterocycles. The first-order valence-electron chi connectivity index (χ1n) is 6.13. The Kier molecular flexibility index (Phi) is 3.53. The summed E-state index contributed by atoms with van der Waals surface area (Å²) in [5.74, 6) is 0. The molecule has 2 atom stereocenters. The van der Waals surface area contributed by atoms with E-state index in [1.54, 1.807) is 0 Å². The Morgan fingerprint density at radius 2 is 2.00 bits per heavy atom. The molecule has 2 N–H and O–H groups in total. The molecule has 2 aliphatic heterocycles. The van der Waals surface area contributed by atoms with Gasteiger partial charge in [-0.3, -0.25) is 4.99 Å². The zero-order valence-electron chi connectivity index (χ0n) is 11.0. The highest BCUT2D eigenvalue weighted by Crippen LogP contribution is 2.38. The minimum Gasteiger partial charge on any atom is -0.623 e. The number of hydroxylamine groups is 1. The fourth-order valence-electron chi connectivity index (χ4n) is 3.03. The fraction of sp³-hybridized carbons (Fsp3) is 0.429. The number of benzene rings is 1. The standard InChI is InChI=1S/C14H15BrN2O.H2O/c1-9-7-13-14(2,16-9)8-12(17(13)18)10-3-5-11(15)6-4-10;/h3-6,13H,7-8H2,1-2H3;1H2/t13-,14-;/m0./s1. The molecule has 0 amide bonds. The molecule has 5 heteroatoms. The second kappa shape index (κ2) is 4.72. The van der Waals surface area contributed by atoms with E-state index in [0.717, 1.165) is 34.3 Å². The predicted molar refractivity (Wildman–Crippen MR) is 80.0 cm³/mol. The lowest BCUT2D eigenvalue weighted by Crippen LogP contribution is -2.33. The SMILES string of the molecule is CC1=N[C@@]2(C)CC(c3ccc(Br)cc3)=[N+]([O-])[C@H]2C1.O. The summed E-state index contributed by atoms with van der Waals surface area (Å²) in [6.45, 7) is 4.10. The van der Waals surface area contributed by atoms with Crippen LogP contribution >= 0.6 is 15.9 Å². The van der Waals surface area contributed by atoms with Crippen molar-refractivity contribution in [3.63, 3.8) is 0 Å². The Balaban J connectivity index is 0.00000133. The molecular weight excluding hydrogens is 308 g/mol. The normalized spacial score (nSPS) is 29.0. The lowest BCUT2D eigenvalue weighted by atomic mass is 9.90. The van der Waals surface area contributed by atoms with Crippen LogP contribution in [0.1, 0.15) is 32.3 Å². The van der Waals surface area contributed by atoms with Gasteiger partial charge in [-0.05, 0) is 38.1 Å². The maximum absolute atomic E-state index is 12.4. The third-order valence-electron chi connectivity index (χ3n) is 3.90. The first kappa shape index (κ1) is 14.2. The first-order chi connectivity index (χ1) is 8.49. The van der Waals surface area contributed by atoms with E-state index in [4.69, 9.17) is 0 Å². The summed E-state index contributed by atoms with van der Waals surface area (Å²) >= 11 is 3.41.